The highest BCUT2D eigenvalue weighted by atomic mass is 35.5. The average Bonchev–Trinajstić information content (AvgIpc) is 2.46. The highest BCUT2D eigenvalue weighted by Gasteiger charge is 2.20. The van der Waals surface area contributed by atoms with Gasteiger partial charge in [0.25, 0.3) is 0 Å². The van der Waals surface area contributed by atoms with Gasteiger partial charge in [-0.25, -0.2) is 0 Å². The van der Waals surface area contributed by atoms with Crippen LogP contribution >= 0.6 is 11.6 Å². The van der Waals surface area contributed by atoms with Gasteiger partial charge in [-0.15, -0.1) is 0 Å². The van der Waals surface area contributed by atoms with E-state index < -0.39 is 0 Å². The van der Waals surface area contributed by atoms with E-state index in [-0.39, 0.29) is 18.6 Å². The Morgan fingerprint density at radius 2 is 2.05 bits per heavy atom. The molecular weight excluding hydrogens is 278 g/mol. The van der Waals surface area contributed by atoms with Crippen molar-refractivity contribution in [3.05, 3.63) is 34.9 Å². The normalized spacial score (nSPS) is 16.4. The molecule has 1 aromatic rings. The van der Waals surface area contributed by atoms with Crippen LogP contribution in [0.1, 0.15) is 18.4 Å². The maximum Gasteiger partial charge on any atom is 0.248 e. The number of halogens is 1. The predicted octanol–water partition coefficient (Wildman–Crippen LogP) is 1.88. The number of ether oxygens (including phenoxy) is 1. The van der Waals surface area contributed by atoms with Crippen molar-refractivity contribution in [3.8, 4) is 0 Å². The van der Waals surface area contributed by atoms with Gasteiger partial charge in [0.1, 0.15) is 6.61 Å². The number of nitrogens with zero attached hydrogens (tertiary/aromatic N) is 1. The highest BCUT2D eigenvalue weighted by molar-refractivity contribution is 6.31. The van der Waals surface area contributed by atoms with Gasteiger partial charge in [-0.3, -0.25) is 4.79 Å². The number of rotatable bonds is 5. The van der Waals surface area contributed by atoms with Crippen LogP contribution in [0.5, 0.6) is 0 Å². The number of benzene rings is 1. The molecule has 1 saturated heterocycles. The maximum absolute atomic E-state index is 11.9. The molecule has 1 heterocycles. The lowest BCUT2D eigenvalue weighted by Gasteiger charge is -2.29. The quantitative estimate of drug-likeness (QED) is 0.844. The van der Waals surface area contributed by atoms with E-state index in [1.807, 2.05) is 24.3 Å². The van der Waals surface area contributed by atoms with E-state index in [1.54, 1.807) is 4.90 Å². The van der Waals surface area contributed by atoms with E-state index >= 15 is 0 Å². The molecule has 1 N–H and O–H groups in total. The van der Waals surface area contributed by atoms with Gasteiger partial charge < -0.3 is 14.7 Å². The third-order valence-electron chi connectivity index (χ3n) is 3.52. The molecule has 1 aliphatic rings. The van der Waals surface area contributed by atoms with Crippen molar-refractivity contribution >= 4 is 17.5 Å². The fraction of sp³-hybridized carbons (Fsp3) is 0.533. The molecule has 110 valence electrons. The molecule has 1 amide bonds. The summed E-state index contributed by atoms with van der Waals surface area (Å²) in [6.07, 6.45) is 1.75. The Morgan fingerprint density at radius 1 is 1.35 bits per heavy atom. The highest BCUT2D eigenvalue weighted by Crippen LogP contribution is 2.15. The predicted molar refractivity (Wildman–Crippen MR) is 77.8 cm³/mol. The maximum atomic E-state index is 11.9. The first-order chi connectivity index (χ1) is 9.66. The molecule has 0 unspecified atom stereocenters. The zero-order valence-corrected chi connectivity index (χ0v) is 12.2. The molecule has 0 bridgehead atoms. The summed E-state index contributed by atoms with van der Waals surface area (Å²) >= 11 is 6.05. The fourth-order valence-electron chi connectivity index (χ4n) is 2.25. The number of carbonyl (C=O) groups is 1. The summed E-state index contributed by atoms with van der Waals surface area (Å²) in [4.78, 5) is 13.6. The summed E-state index contributed by atoms with van der Waals surface area (Å²) in [7, 11) is 0. The molecular formula is C15H20ClNO3. The Balaban J connectivity index is 1.66. The molecule has 1 aliphatic heterocycles. The van der Waals surface area contributed by atoms with E-state index in [4.69, 9.17) is 16.3 Å². The van der Waals surface area contributed by atoms with Gasteiger partial charge in [0.15, 0.2) is 0 Å². The van der Waals surface area contributed by atoms with Crippen molar-refractivity contribution in [1.29, 1.82) is 0 Å². The van der Waals surface area contributed by atoms with Gasteiger partial charge >= 0.3 is 0 Å². The third kappa shape index (κ3) is 4.47. The minimum atomic E-state index is -0.264. The summed E-state index contributed by atoms with van der Waals surface area (Å²) in [5.41, 5.74) is 1.03. The van der Waals surface area contributed by atoms with Gasteiger partial charge in [-0.05, 0) is 30.9 Å². The first kappa shape index (κ1) is 15.3. The van der Waals surface area contributed by atoms with Crippen LogP contribution in [-0.2, 0) is 16.0 Å². The van der Waals surface area contributed by atoms with E-state index in [0.717, 1.165) is 10.6 Å². The second kappa shape index (κ2) is 7.62. The van der Waals surface area contributed by atoms with Crippen LogP contribution < -0.4 is 0 Å². The monoisotopic (exact) mass is 297 g/mol. The lowest BCUT2D eigenvalue weighted by molar-refractivity contribution is -0.138. The van der Waals surface area contributed by atoms with Gasteiger partial charge in [-0.1, -0.05) is 29.8 Å². The summed E-state index contributed by atoms with van der Waals surface area (Å²) in [6.45, 7) is 1.81. The minimum Gasteiger partial charge on any atom is -0.393 e. The van der Waals surface area contributed by atoms with Crippen molar-refractivity contribution < 1.29 is 14.6 Å². The van der Waals surface area contributed by atoms with Gasteiger partial charge in [0.05, 0.1) is 12.7 Å². The van der Waals surface area contributed by atoms with Crippen molar-refractivity contribution in [3.63, 3.8) is 0 Å². The molecule has 0 saturated carbocycles. The second-order valence-electron chi connectivity index (χ2n) is 5.01. The molecule has 4 nitrogen and oxygen atoms in total. The van der Waals surface area contributed by atoms with E-state index in [0.29, 0.717) is 39.0 Å². The SMILES string of the molecule is O=C(COCCc1ccccc1Cl)N1CCC(O)CC1. The van der Waals surface area contributed by atoms with Crippen LogP contribution in [0.2, 0.25) is 5.02 Å². The van der Waals surface area contributed by atoms with E-state index in [2.05, 4.69) is 0 Å². The molecule has 2 rings (SSSR count). The number of piperidine rings is 1. The number of aliphatic hydroxyl groups excluding tert-OH is 1. The van der Waals surface area contributed by atoms with Crippen LogP contribution in [0.25, 0.3) is 0 Å². The summed E-state index contributed by atoms with van der Waals surface area (Å²) in [6, 6.07) is 7.63. The molecule has 0 atom stereocenters. The number of aliphatic hydroxyl groups is 1. The number of likely N-dealkylation sites (tertiary alicyclic amines) is 1. The Kier molecular flexibility index (Phi) is 5.83. The average molecular weight is 298 g/mol. The molecule has 0 aliphatic carbocycles. The number of hydrogen-bond acceptors (Lipinski definition) is 3. The second-order valence-corrected chi connectivity index (χ2v) is 5.41. The number of amides is 1. The van der Waals surface area contributed by atoms with Crippen molar-refractivity contribution in [2.75, 3.05) is 26.3 Å². The standard InChI is InChI=1S/C15H20ClNO3/c16-14-4-2-1-3-12(14)7-10-20-11-15(19)17-8-5-13(18)6-9-17/h1-4,13,18H,5-11H2. The number of carbonyl (C=O) groups excluding carboxylic acids is 1. The molecule has 0 aromatic heterocycles. The molecule has 1 aromatic carbocycles. The zero-order chi connectivity index (χ0) is 14.4. The van der Waals surface area contributed by atoms with Crippen LogP contribution in [0.3, 0.4) is 0 Å². The van der Waals surface area contributed by atoms with Gasteiger partial charge in [0, 0.05) is 18.1 Å². The molecule has 1 fully saturated rings. The first-order valence-electron chi connectivity index (χ1n) is 6.94. The molecule has 0 spiro atoms. The van der Waals surface area contributed by atoms with Crippen LogP contribution in [0.15, 0.2) is 24.3 Å². The Hall–Kier alpha value is -1.10. The molecule has 20 heavy (non-hydrogen) atoms. The first-order valence-corrected chi connectivity index (χ1v) is 7.31. The van der Waals surface area contributed by atoms with Crippen molar-refractivity contribution in [1.82, 2.24) is 4.90 Å². The third-order valence-corrected chi connectivity index (χ3v) is 3.89. The fourth-order valence-corrected chi connectivity index (χ4v) is 2.48. The summed E-state index contributed by atoms with van der Waals surface area (Å²) in [5.74, 6) is -0.00365. The smallest absolute Gasteiger partial charge is 0.248 e. The number of hydrogen-bond donors (Lipinski definition) is 1. The van der Waals surface area contributed by atoms with E-state index in [9.17, 15) is 9.90 Å². The van der Waals surface area contributed by atoms with E-state index in [1.165, 1.54) is 0 Å². The minimum absolute atomic E-state index is 0.00365. The Labute approximate surface area is 124 Å². The largest absolute Gasteiger partial charge is 0.393 e. The van der Waals surface area contributed by atoms with Crippen molar-refractivity contribution in [2.24, 2.45) is 0 Å². The van der Waals surface area contributed by atoms with Crippen molar-refractivity contribution in [2.45, 2.75) is 25.4 Å². The summed E-state index contributed by atoms with van der Waals surface area (Å²) in [5, 5.41) is 10.1. The molecule has 5 heteroatoms. The zero-order valence-electron chi connectivity index (χ0n) is 11.4. The van der Waals surface area contributed by atoms with Crippen LogP contribution in [0, 0.1) is 0 Å². The van der Waals surface area contributed by atoms with Gasteiger partial charge in [0.2, 0.25) is 5.91 Å². The topological polar surface area (TPSA) is 49.8 Å². The Bertz CT molecular complexity index is 444. The Morgan fingerprint density at radius 3 is 2.75 bits per heavy atom. The molecule has 0 radical (unpaired) electrons. The lowest BCUT2D eigenvalue weighted by Crippen LogP contribution is -2.41. The lowest BCUT2D eigenvalue weighted by atomic mass is 10.1. The van der Waals surface area contributed by atoms with Crippen LogP contribution in [-0.4, -0.2) is 48.3 Å². The van der Waals surface area contributed by atoms with Crippen LogP contribution in [0.4, 0.5) is 0 Å². The summed E-state index contributed by atoms with van der Waals surface area (Å²) < 4.78 is 5.42. The van der Waals surface area contributed by atoms with Gasteiger partial charge in [-0.2, -0.15) is 0 Å².